The number of likely N-dealkylation sites (N-methyl/N-ethyl adjacent to an activating group) is 1. The summed E-state index contributed by atoms with van der Waals surface area (Å²) >= 11 is 6.62. The minimum Gasteiger partial charge on any atom is -0.493 e. The first-order chi connectivity index (χ1) is 19.0. The molecular weight excluding hydrogens is 530 g/mol. The molecule has 9 nitrogen and oxygen atoms in total. The van der Waals surface area contributed by atoms with Crippen LogP contribution >= 0.6 is 11.6 Å². The van der Waals surface area contributed by atoms with Crippen molar-refractivity contribution in [2.45, 2.75) is 53.1 Å². The van der Waals surface area contributed by atoms with Crippen LogP contribution in [0.1, 0.15) is 45.6 Å². The van der Waals surface area contributed by atoms with Gasteiger partial charge in [-0.25, -0.2) is 9.78 Å². The maximum atomic E-state index is 13.7. The van der Waals surface area contributed by atoms with E-state index in [1.54, 1.807) is 43.1 Å². The quantitative estimate of drug-likeness (QED) is 0.287. The fourth-order valence-electron chi connectivity index (χ4n) is 4.87. The number of rotatable bonds is 10. The average molecular weight is 570 g/mol. The molecule has 4 rings (SSSR count). The number of pyridine rings is 1. The molecule has 0 radical (unpaired) electrons. The molecule has 0 N–H and O–H groups in total. The second-order valence-corrected chi connectivity index (χ2v) is 12.0. The zero-order valence-electron chi connectivity index (χ0n) is 24.4. The first-order valence-corrected chi connectivity index (χ1v) is 14.1. The zero-order valence-corrected chi connectivity index (χ0v) is 25.1. The van der Waals surface area contributed by atoms with Crippen LogP contribution in [-0.4, -0.2) is 72.2 Å². The third-order valence-electron chi connectivity index (χ3n) is 7.06. The van der Waals surface area contributed by atoms with Gasteiger partial charge in [0.2, 0.25) is 5.91 Å². The predicted octanol–water partition coefficient (Wildman–Crippen LogP) is 5.82. The summed E-state index contributed by atoms with van der Waals surface area (Å²) in [7, 11) is 5.05. The van der Waals surface area contributed by atoms with Crippen molar-refractivity contribution in [3.63, 3.8) is 0 Å². The number of methoxy groups -OCH3 is 1. The number of hydrogen-bond donors (Lipinski definition) is 0. The molecule has 1 fully saturated rings. The van der Waals surface area contributed by atoms with Crippen molar-refractivity contribution in [3.05, 3.63) is 47.2 Å². The fourth-order valence-corrected chi connectivity index (χ4v) is 5.20. The van der Waals surface area contributed by atoms with Gasteiger partial charge in [0, 0.05) is 63.3 Å². The molecule has 1 saturated heterocycles. The van der Waals surface area contributed by atoms with Crippen molar-refractivity contribution in [1.82, 2.24) is 19.4 Å². The lowest BCUT2D eigenvalue weighted by atomic mass is 9.91. The molecule has 0 bridgehead atoms. The Morgan fingerprint density at radius 3 is 2.62 bits per heavy atom. The summed E-state index contributed by atoms with van der Waals surface area (Å²) in [5.41, 5.74) is 2.53. The van der Waals surface area contributed by atoms with Crippen LogP contribution in [0.15, 0.2) is 36.7 Å². The highest BCUT2D eigenvalue weighted by atomic mass is 35.5. The maximum absolute atomic E-state index is 13.7. The number of aromatic nitrogens is 2. The molecule has 0 aliphatic carbocycles. The van der Waals surface area contributed by atoms with E-state index >= 15 is 0 Å². The van der Waals surface area contributed by atoms with Gasteiger partial charge in [-0.1, -0.05) is 32.4 Å². The molecule has 216 valence electrons. The number of carbonyl (C=O) groups is 2. The van der Waals surface area contributed by atoms with Gasteiger partial charge >= 0.3 is 6.03 Å². The zero-order chi connectivity index (χ0) is 29.0. The van der Waals surface area contributed by atoms with E-state index in [4.69, 9.17) is 21.1 Å². The summed E-state index contributed by atoms with van der Waals surface area (Å²) in [5, 5.41) is 1.27. The van der Waals surface area contributed by atoms with Crippen LogP contribution in [0.4, 0.5) is 10.5 Å². The number of benzene rings is 1. The first-order valence-electron chi connectivity index (χ1n) is 13.7. The molecular formula is C30H40ClN5O4. The lowest BCUT2D eigenvalue weighted by Crippen LogP contribution is -2.49. The maximum Gasteiger partial charge on any atom is 0.324 e. The molecule has 0 spiro atoms. The topological polar surface area (TPSA) is 80.1 Å². The molecule has 0 unspecified atom stereocenters. The first kappa shape index (κ1) is 29.5. The molecule has 40 heavy (non-hydrogen) atoms. The largest absolute Gasteiger partial charge is 0.493 e. The van der Waals surface area contributed by atoms with Crippen LogP contribution in [0.3, 0.4) is 0 Å². The highest BCUT2D eigenvalue weighted by Gasteiger charge is 2.28. The highest BCUT2D eigenvalue weighted by Crippen LogP contribution is 2.34. The van der Waals surface area contributed by atoms with Crippen LogP contribution < -0.4 is 14.4 Å². The van der Waals surface area contributed by atoms with Crippen molar-refractivity contribution >= 4 is 40.3 Å². The molecule has 0 saturated carbocycles. The summed E-state index contributed by atoms with van der Waals surface area (Å²) in [6, 6.07) is 7.44. The number of urea groups is 1. The Hall–Kier alpha value is -3.46. The monoisotopic (exact) mass is 569 g/mol. The van der Waals surface area contributed by atoms with E-state index in [9.17, 15) is 9.59 Å². The Labute approximate surface area is 241 Å². The SMILES string of the molecule is COc1ccc(N2CCCN(Cc3ccnc4c3c(Cl)cn4CC(=O)N(C)C)C2=O)cc1OCCCC(C)(C)C. The standard InChI is InChI=1S/C30H40ClN5O4/c1-30(2,3)12-7-16-40-25-17-22(9-10-24(25)39-6)36-15-8-14-34(29(36)38)18-21-11-13-32-28-27(21)23(31)19-35(28)20-26(37)33(4)5/h9-11,13,17,19H,7-8,12,14-16,18,20H2,1-6H3. The van der Waals surface area contributed by atoms with E-state index < -0.39 is 0 Å². The molecule has 1 aliphatic rings. The second kappa shape index (κ2) is 12.4. The number of amides is 3. The van der Waals surface area contributed by atoms with Crippen LogP contribution in [0.25, 0.3) is 11.0 Å². The van der Waals surface area contributed by atoms with Gasteiger partial charge in [0.05, 0.1) is 18.7 Å². The molecule has 10 heteroatoms. The Balaban J connectivity index is 1.52. The number of ether oxygens (including phenoxy) is 2. The van der Waals surface area contributed by atoms with Gasteiger partial charge in [-0.15, -0.1) is 0 Å². The van der Waals surface area contributed by atoms with E-state index in [0.29, 0.717) is 48.4 Å². The van der Waals surface area contributed by atoms with E-state index in [0.717, 1.165) is 35.9 Å². The predicted molar refractivity (Wildman–Crippen MR) is 158 cm³/mol. The number of halogens is 1. The minimum atomic E-state index is -0.0848. The number of hydrogen-bond acceptors (Lipinski definition) is 5. The Morgan fingerprint density at radius 1 is 1.15 bits per heavy atom. The summed E-state index contributed by atoms with van der Waals surface area (Å²) in [5.74, 6) is 1.22. The average Bonchev–Trinajstić information content (AvgIpc) is 3.22. The van der Waals surface area contributed by atoms with Gasteiger partial charge in [0.25, 0.3) is 0 Å². The van der Waals surface area contributed by atoms with Crippen LogP contribution in [0.2, 0.25) is 5.02 Å². The van der Waals surface area contributed by atoms with E-state index in [1.165, 1.54) is 4.90 Å². The second-order valence-electron chi connectivity index (χ2n) is 11.6. The lowest BCUT2D eigenvalue weighted by Gasteiger charge is -2.36. The summed E-state index contributed by atoms with van der Waals surface area (Å²) in [6.45, 7) is 8.99. The molecule has 1 aliphatic heterocycles. The molecule has 3 heterocycles. The van der Waals surface area contributed by atoms with Gasteiger partial charge in [0.15, 0.2) is 11.5 Å². The Bertz CT molecular complexity index is 1360. The van der Waals surface area contributed by atoms with Crippen LogP contribution in [0, 0.1) is 5.41 Å². The normalized spacial score (nSPS) is 14.1. The van der Waals surface area contributed by atoms with Gasteiger partial charge < -0.3 is 23.8 Å². The lowest BCUT2D eigenvalue weighted by molar-refractivity contribution is -0.129. The number of anilines is 1. The summed E-state index contributed by atoms with van der Waals surface area (Å²) < 4.78 is 13.4. The van der Waals surface area contributed by atoms with Crippen LogP contribution in [0.5, 0.6) is 11.5 Å². The number of nitrogens with zero attached hydrogens (tertiary/aromatic N) is 5. The Kier molecular flexibility index (Phi) is 9.13. The van der Waals surface area contributed by atoms with E-state index in [-0.39, 0.29) is 23.9 Å². The van der Waals surface area contributed by atoms with Crippen molar-refractivity contribution in [1.29, 1.82) is 0 Å². The molecule has 2 aromatic heterocycles. The fraction of sp³-hybridized carbons (Fsp3) is 0.500. The van der Waals surface area contributed by atoms with E-state index in [2.05, 4.69) is 25.8 Å². The molecule has 0 atom stereocenters. The molecule has 3 aromatic rings. The highest BCUT2D eigenvalue weighted by molar-refractivity contribution is 6.35. The third kappa shape index (κ3) is 6.81. The van der Waals surface area contributed by atoms with Crippen molar-refractivity contribution in [2.75, 3.05) is 45.8 Å². The number of carbonyl (C=O) groups excluding carboxylic acids is 2. The van der Waals surface area contributed by atoms with Crippen molar-refractivity contribution < 1.29 is 19.1 Å². The minimum absolute atomic E-state index is 0.0559. The summed E-state index contributed by atoms with van der Waals surface area (Å²) in [6.07, 6.45) is 6.23. The van der Waals surface area contributed by atoms with Crippen LogP contribution in [-0.2, 0) is 17.9 Å². The van der Waals surface area contributed by atoms with E-state index in [1.807, 2.05) is 29.2 Å². The van der Waals surface area contributed by atoms with Gasteiger partial charge in [0.1, 0.15) is 12.2 Å². The summed E-state index contributed by atoms with van der Waals surface area (Å²) in [4.78, 5) is 35.6. The van der Waals surface area contributed by atoms with Gasteiger partial charge in [-0.05, 0) is 48.4 Å². The molecule has 3 amide bonds. The van der Waals surface area contributed by atoms with Crippen molar-refractivity contribution in [2.24, 2.45) is 5.41 Å². The Morgan fingerprint density at radius 2 is 1.93 bits per heavy atom. The number of fused-ring (bicyclic) bond motifs is 1. The van der Waals surface area contributed by atoms with Crippen molar-refractivity contribution in [3.8, 4) is 11.5 Å². The van der Waals surface area contributed by atoms with Gasteiger partial charge in [-0.2, -0.15) is 0 Å². The van der Waals surface area contributed by atoms with Gasteiger partial charge in [-0.3, -0.25) is 9.69 Å². The smallest absolute Gasteiger partial charge is 0.324 e. The molecule has 1 aromatic carbocycles. The third-order valence-corrected chi connectivity index (χ3v) is 7.35.